The second-order valence-electron chi connectivity index (χ2n) is 6.78. The van der Waals surface area contributed by atoms with Gasteiger partial charge in [-0.3, -0.25) is 4.79 Å². The van der Waals surface area contributed by atoms with Crippen LogP contribution in [0, 0.1) is 6.92 Å². The Balaban J connectivity index is 1.45. The second-order valence-corrected chi connectivity index (χ2v) is 7.66. The normalized spacial score (nSPS) is 10.7. The molecule has 0 unspecified atom stereocenters. The number of amides is 1. The largest absolute Gasteiger partial charge is 0.363 e. The molecule has 0 aliphatic carbocycles. The van der Waals surface area contributed by atoms with Crippen molar-refractivity contribution in [1.82, 2.24) is 15.0 Å². The van der Waals surface area contributed by atoms with E-state index in [9.17, 15) is 4.79 Å². The number of hydrogen-bond acceptors (Lipinski definition) is 7. The topological polar surface area (TPSA) is 83.0 Å². The van der Waals surface area contributed by atoms with Gasteiger partial charge >= 0.3 is 0 Å². The first-order chi connectivity index (χ1) is 14.0. The first kappa shape index (κ1) is 18.8. The summed E-state index contributed by atoms with van der Waals surface area (Å²) in [5.74, 6) is 1.21. The minimum absolute atomic E-state index is 0.154. The SMILES string of the molecule is Cc1cc(N(C)C)nc(Nc2ccc(NC(=O)c3ccc4ncsc4c3)cc2)n1. The number of benzene rings is 2. The van der Waals surface area contributed by atoms with Crippen molar-refractivity contribution >= 4 is 50.6 Å². The first-order valence-electron chi connectivity index (χ1n) is 9.02. The van der Waals surface area contributed by atoms with Gasteiger partial charge in [-0.15, -0.1) is 11.3 Å². The monoisotopic (exact) mass is 404 g/mol. The average molecular weight is 404 g/mol. The number of carbonyl (C=O) groups is 1. The molecule has 0 spiro atoms. The fourth-order valence-electron chi connectivity index (χ4n) is 2.80. The van der Waals surface area contributed by atoms with E-state index < -0.39 is 0 Å². The molecule has 7 nitrogen and oxygen atoms in total. The molecule has 0 aliphatic heterocycles. The minimum atomic E-state index is -0.154. The van der Waals surface area contributed by atoms with Gasteiger partial charge in [-0.25, -0.2) is 9.97 Å². The van der Waals surface area contributed by atoms with E-state index in [0.717, 1.165) is 27.4 Å². The van der Waals surface area contributed by atoms with E-state index in [2.05, 4.69) is 25.6 Å². The molecule has 0 saturated carbocycles. The molecule has 8 heteroatoms. The Bertz CT molecular complexity index is 1170. The Morgan fingerprint density at radius 3 is 2.52 bits per heavy atom. The lowest BCUT2D eigenvalue weighted by atomic mass is 10.2. The van der Waals surface area contributed by atoms with Gasteiger partial charge in [-0.1, -0.05) is 0 Å². The van der Waals surface area contributed by atoms with Crippen LogP contribution in [-0.2, 0) is 0 Å². The molecule has 0 fully saturated rings. The zero-order valence-electron chi connectivity index (χ0n) is 16.3. The van der Waals surface area contributed by atoms with Gasteiger partial charge in [0.25, 0.3) is 5.91 Å². The Hall–Kier alpha value is -3.52. The summed E-state index contributed by atoms with van der Waals surface area (Å²) in [7, 11) is 3.88. The summed E-state index contributed by atoms with van der Waals surface area (Å²) in [6.07, 6.45) is 0. The van der Waals surface area contributed by atoms with E-state index >= 15 is 0 Å². The summed E-state index contributed by atoms with van der Waals surface area (Å²) in [5, 5.41) is 6.12. The lowest BCUT2D eigenvalue weighted by Gasteiger charge is -2.14. The van der Waals surface area contributed by atoms with E-state index in [1.54, 1.807) is 11.6 Å². The predicted molar refractivity (Wildman–Crippen MR) is 118 cm³/mol. The van der Waals surface area contributed by atoms with Crippen LogP contribution in [0.1, 0.15) is 16.1 Å². The molecule has 2 aromatic heterocycles. The summed E-state index contributed by atoms with van der Waals surface area (Å²) in [6.45, 7) is 1.93. The van der Waals surface area contributed by atoms with Crippen LogP contribution in [0.15, 0.2) is 54.0 Å². The lowest BCUT2D eigenvalue weighted by Crippen LogP contribution is -2.13. The van der Waals surface area contributed by atoms with Crippen LogP contribution >= 0.6 is 11.3 Å². The van der Waals surface area contributed by atoms with Gasteiger partial charge in [0.1, 0.15) is 5.82 Å². The van der Waals surface area contributed by atoms with E-state index in [0.29, 0.717) is 17.2 Å². The molecule has 1 amide bonds. The number of anilines is 4. The number of fused-ring (bicyclic) bond motifs is 1. The van der Waals surface area contributed by atoms with Gasteiger partial charge < -0.3 is 15.5 Å². The van der Waals surface area contributed by atoms with Crippen LogP contribution in [0.3, 0.4) is 0 Å². The van der Waals surface area contributed by atoms with Crippen LogP contribution in [0.25, 0.3) is 10.2 Å². The predicted octanol–water partition coefficient (Wildman–Crippen LogP) is 4.46. The Labute approximate surface area is 172 Å². The maximum Gasteiger partial charge on any atom is 0.255 e. The van der Waals surface area contributed by atoms with Crippen LogP contribution in [0.4, 0.5) is 23.1 Å². The third-order valence-corrected chi connectivity index (χ3v) is 5.08. The number of hydrogen-bond donors (Lipinski definition) is 2. The Kier molecular flexibility index (Phi) is 5.09. The number of aromatic nitrogens is 3. The van der Waals surface area contributed by atoms with Crippen molar-refractivity contribution in [2.45, 2.75) is 6.92 Å². The van der Waals surface area contributed by atoms with Crippen LogP contribution in [-0.4, -0.2) is 35.0 Å². The molecule has 2 aromatic carbocycles. The van der Waals surface area contributed by atoms with E-state index in [1.807, 2.05) is 68.4 Å². The molecule has 0 bridgehead atoms. The first-order valence-corrected chi connectivity index (χ1v) is 9.90. The summed E-state index contributed by atoms with van der Waals surface area (Å²) in [4.78, 5) is 27.6. The third kappa shape index (κ3) is 4.33. The van der Waals surface area contributed by atoms with Crippen molar-refractivity contribution in [3.63, 3.8) is 0 Å². The van der Waals surface area contributed by atoms with Crippen molar-refractivity contribution in [3.05, 3.63) is 65.3 Å². The fourth-order valence-corrected chi connectivity index (χ4v) is 3.52. The minimum Gasteiger partial charge on any atom is -0.363 e. The number of thiazole rings is 1. The Morgan fingerprint density at radius 1 is 1.00 bits per heavy atom. The van der Waals surface area contributed by atoms with Gasteiger partial charge in [-0.05, 0) is 49.4 Å². The van der Waals surface area contributed by atoms with Crippen LogP contribution in [0.2, 0.25) is 0 Å². The number of nitrogens with zero attached hydrogens (tertiary/aromatic N) is 4. The summed E-state index contributed by atoms with van der Waals surface area (Å²) in [5.41, 5.74) is 5.71. The Morgan fingerprint density at radius 2 is 1.76 bits per heavy atom. The number of nitrogens with one attached hydrogen (secondary N) is 2. The zero-order chi connectivity index (χ0) is 20.4. The molecular formula is C21H20N6OS. The van der Waals surface area contributed by atoms with Crippen molar-refractivity contribution < 1.29 is 4.79 Å². The summed E-state index contributed by atoms with van der Waals surface area (Å²) >= 11 is 1.52. The highest BCUT2D eigenvalue weighted by molar-refractivity contribution is 7.16. The summed E-state index contributed by atoms with van der Waals surface area (Å²) in [6, 6.07) is 14.9. The van der Waals surface area contributed by atoms with Crippen LogP contribution in [0.5, 0.6) is 0 Å². The molecule has 4 rings (SSSR count). The van der Waals surface area contributed by atoms with Crippen molar-refractivity contribution in [3.8, 4) is 0 Å². The number of rotatable bonds is 5. The molecule has 146 valence electrons. The average Bonchev–Trinajstić information content (AvgIpc) is 3.17. The van der Waals surface area contributed by atoms with Crippen molar-refractivity contribution in [1.29, 1.82) is 0 Å². The standard InChI is InChI=1S/C21H20N6OS/c1-13-10-19(27(2)3)26-21(23-13)25-16-7-5-15(6-8-16)24-20(28)14-4-9-17-18(11-14)29-12-22-17/h4-12H,1-3H3,(H,24,28)(H,23,25,26). The van der Waals surface area contributed by atoms with Gasteiger partial charge in [0.05, 0.1) is 15.7 Å². The highest BCUT2D eigenvalue weighted by atomic mass is 32.1. The van der Waals surface area contributed by atoms with Crippen LogP contribution < -0.4 is 15.5 Å². The van der Waals surface area contributed by atoms with E-state index in [-0.39, 0.29) is 5.91 Å². The summed E-state index contributed by atoms with van der Waals surface area (Å²) < 4.78 is 0.993. The van der Waals surface area contributed by atoms with Gasteiger partial charge in [-0.2, -0.15) is 4.98 Å². The third-order valence-electron chi connectivity index (χ3n) is 4.29. The number of aryl methyl sites for hydroxylation is 1. The van der Waals surface area contributed by atoms with Gasteiger partial charge in [0.15, 0.2) is 0 Å². The molecule has 2 N–H and O–H groups in total. The molecule has 0 saturated heterocycles. The lowest BCUT2D eigenvalue weighted by molar-refractivity contribution is 0.102. The maximum atomic E-state index is 12.5. The highest BCUT2D eigenvalue weighted by Crippen LogP contribution is 2.22. The molecule has 4 aromatic rings. The fraction of sp³-hybridized carbons (Fsp3) is 0.143. The smallest absolute Gasteiger partial charge is 0.255 e. The molecule has 0 aliphatic rings. The highest BCUT2D eigenvalue weighted by Gasteiger charge is 2.09. The number of carbonyl (C=O) groups excluding carboxylic acids is 1. The van der Waals surface area contributed by atoms with Gasteiger partial charge in [0.2, 0.25) is 5.95 Å². The molecule has 0 atom stereocenters. The maximum absolute atomic E-state index is 12.5. The van der Waals surface area contributed by atoms with Crippen molar-refractivity contribution in [2.75, 3.05) is 29.6 Å². The zero-order valence-corrected chi connectivity index (χ0v) is 17.1. The van der Waals surface area contributed by atoms with E-state index in [1.165, 1.54) is 11.3 Å². The second kappa shape index (κ2) is 7.84. The van der Waals surface area contributed by atoms with Gasteiger partial charge in [0, 0.05) is 42.8 Å². The molecule has 29 heavy (non-hydrogen) atoms. The van der Waals surface area contributed by atoms with Crippen molar-refractivity contribution in [2.24, 2.45) is 0 Å². The quantitative estimate of drug-likeness (QED) is 0.511. The van der Waals surface area contributed by atoms with E-state index in [4.69, 9.17) is 0 Å². The molecule has 2 heterocycles. The molecular weight excluding hydrogens is 384 g/mol. The molecule has 0 radical (unpaired) electrons.